The van der Waals surface area contributed by atoms with E-state index in [2.05, 4.69) is 6.58 Å². The van der Waals surface area contributed by atoms with Gasteiger partial charge in [0.15, 0.2) is 0 Å². The molecule has 0 aromatic carbocycles. The van der Waals surface area contributed by atoms with Crippen molar-refractivity contribution in [3.05, 3.63) is 24.3 Å². The van der Waals surface area contributed by atoms with Crippen molar-refractivity contribution in [2.45, 2.75) is 0 Å². The summed E-state index contributed by atoms with van der Waals surface area (Å²) >= 11 is 0. The zero-order chi connectivity index (χ0) is 8.15. The van der Waals surface area contributed by atoms with Crippen molar-refractivity contribution >= 4 is 11.9 Å². The standard InChI is InChI=1S/C6H6O4/c1-2-3-4(5(7)8)6(9)10/h2-3H,1H2,(H,7,8)(H,9,10)/p-2. The first kappa shape index (κ1) is 8.42. The van der Waals surface area contributed by atoms with Gasteiger partial charge in [0.05, 0.1) is 11.9 Å². The third-order valence-corrected chi connectivity index (χ3v) is 0.724. The lowest BCUT2D eigenvalue weighted by Gasteiger charge is -2.06. The number of carboxylic acids is 2. The lowest BCUT2D eigenvalue weighted by atomic mass is 10.2. The molecule has 0 bridgehead atoms. The van der Waals surface area contributed by atoms with E-state index in [9.17, 15) is 19.8 Å². The molecule has 0 amide bonds. The van der Waals surface area contributed by atoms with Gasteiger partial charge in [-0.3, -0.25) is 0 Å². The highest BCUT2D eigenvalue weighted by Gasteiger charge is 1.95. The Morgan fingerprint density at radius 3 is 1.70 bits per heavy atom. The van der Waals surface area contributed by atoms with E-state index in [1.807, 2.05) is 0 Å². The van der Waals surface area contributed by atoms with Gasteiger partial charge in [-0.25, -0.2) is 0 Å². The van der Waals surface area contributed by atoms with E-state index < -0.39 is 17.5 Å². The van der Waals surface area contributed by atoms with Gasteiger partial charge in [0, 0.05) is 5.57 Å². The van der Waals surface area contributed by atoms with E-state index >= 15 is 0 Å². The van der Waals surface area contributed by atoms with Gasteiger partial charge in [-0.15, -0.1) is 0 Å². The lowest BCUT2D eigenvalue weighted by molar-refractivity contribution is -0.312. The Morgan fingerprint density at radius 2 is 1.60 bits per heavy atom. The van der Waals surface area contributed by atoms with Crippen molar-refractivity contribution in [2.24, 2.45) is 0 Å². The van der Waals surface area contributed by atoms with E-state index in [4.69, 9.17) is 0 Å². The molecule has 0 aliphatic carbocycles. The normalized spacial score (nSPS) is 8.00. The van der Waals surface area contributed by atoms with Crippen LogP contribution in [0.25, 0.3) is 0 Å². The molecule has 0 aliphatic rings. The highest BCUT2D eigenvalue weighted by atomic mass is 16.4. The Labute approximate surface area is 57.1 Å². The van der Waals surface area contributed by atoms with Crippen molar-refractivity contribution < 1.29 is 19.8 Å². The molecule has 10 heavy (non-hydrogen) atoms. The smallest absolute Gasteiger partial charge is 0.0733 e. The Bertz CT molecular complexity index is 186. The van der Waals surface area contributed by atoms with Gasteiger partial charge in [0.1, 0.15) is 0 Å². The second-order valence-corrected chi connectivity index (χ2v) is 1.39. The second-order valence-electron chi connectivity index (χ2n) is 1.39. The molecule has 0 aromatic heterocycles. The molecule has 4 nitrogen and oxygen atoms in total. The van der Waals surface area contributed by atoms with E-state index in [1.54, 1.807) is 0 Å². The van der Waals surface area contributed by atoms with Crippen LogP contribution in [-0.4, -0.2) is 11.9 Å². The van der Waals surface area contributed by atoms with E-state index in [-0.39, 0.29) is 0 Å². The molecule has 0 fully saturated rings. The lowest BCUT2D eigenvalue weighted by Crippen LogP contribution is -2.36. The minimum atomic E-state index is -1.78. The number of hydrogen-bond donors (Lipinski definition) is 0. The molecule has 0 N–H and O–H groups in total. The second kappa shape index (κ2) is 3.45. The summed E-state index contributed by atoms with van der Waals surface area (Å²) in [5.41, 5.74) is -0.907. The fourth-order valence-electron chi connectivity index (χ4n) is 0.337. The molecule has 54 valence electrons. The fourth-order valence-corrected chi connectivity index (χ4v) is 0.337. The SMILES string of the molecule is C=CC=C(C(=O)[O-])C(=O)[O-]. The van der Waals surface area contributed by atoms with Gasteiger partial charge in [-0.2, -0.15) is 0 Å². The average molecular weight is 140 g/mol. The van der Waals surface area contributed by atoms with Crippen molar-refractivity contribution in [1.29, 1.82) is 0 Å². The highest BCUT2D eigenvalue weighted by Crippen LogP contribution is 1.89. The largest absolute Gasteiger partial charge is 0.545 e. The number of carbonyl (C=O) groups excluding carboxylic acids is 2. The van der Waals surface area contributed by atoms with Gasteiger partial charge < -0.3 is 19.8 Å². The first-order chi connectivity index (χ1) is 4.59. The quantitative estimate of drug-likeness (QED) is 0.189. The van der Waals surface area contributed by atoms with Gasteiger partial charge in [-0.1, -0.05) is 18.7 Å². The summed E-state index contributed by atoms with van der Waals surface area (Å²) in [7, 11) is 0. The van der Waals surface area contributed by atoms with Crippen LogP contribution in [0.5, 0.6) is 0 Å². The predicted octanol–water partition coefficient (Wildman–Crippen LogP) is -2.40. The van der Waals surface area contributed by atoms with Crippen LogP contribution < -0.4 is 10.2 Å². The van der Waals surface area contributed by atoms with Gasteiger partial charge in [-0.05, 0) is 0 Å². The van der Waals surface area contributed by atoms with Gasteiger partial charge >= 0.3 is 0 Å². The van der Waals surface area contributed by atoms with Crippen molar-refractivity contribution in [2.75, 3.05) is 0 Å². The minimum absolute atomic E-state index is 0.796. The molecule has 0 aromatic rings. The topological polar surface area (TPSA) is 80.3 Å². The Morgan fingerprint density at radius 1 is 1.20 bits per heavy atom. The molecule has 0 saturated carbocycles. The summed E-state index contributed by atoms with van der Waals surface area (Å²) in [6.45, 7) is 3.11. The Hall–Kier alpha value is -1.58. The first-order valence-corrected chi connectivity index (χ1v) is 2.35. The van der Waals surface area contributed by atoms with Crippen LogP contribution in [0.3, 0.4) is 0 Å². The molecule has 0 radical (unpaired) electrons. The van der Waals surface area contributed by atoms with Crippen LogP contribution in [0.4, 0.5) is 0 Å². The zero-order valence-electron chi connectivity index (χ0n) is 4.99. The first-order valence-electron chi connectivity index (χ1n) is 2.35. The molecule has 0 heterocycles. The number of aliphatic carboxylic acids is 2. The summed E-state index contributed by atoms with van der Waals surface area (Å²) < 4.78 is 0. The molecule has 0 atom stereocenters. The molecule has 0 saturated heterocycles. The monoisotopic (exact) mass is 140 g/mol. The van der Waals surface area contributed by atoms with E-state index in [1.165, 1.54) is 0 Å². The summed E-state index contributed by atoms with van der Waals surface area (Å²) in [6, 6.07) is 0. The van der Waals surface area contributed by atoms with Crippen LogP contribution in [-0.2, 0) is 9.59 Å². The maximum absolute atomic E-state index is 9.88. The summed E-state index contributed by atoms with van der Waals surface area (Å²) in [5.74, 6) is -3.56. The molecule has 0 unspecified atom stereocenters. The molecule has 0 rings (SSSR count). The van der Waals surface area contributed by atoms with Crippen LogP contribution >= 0.6 is 0 Å². The number of rotatable bonds is 3. The molecule has 0 spiro atoms. The number of carboxylic acid groups (broad SMARTS) is 2. The molecular formula is C6H4O4-2. The molecule has 0 aliphatic heterocycles. The fraction of sp³-hybridized carbons (Fsp3) is 0. The van der Waals surface area contributed by atoms with E-state index in [0.717, 1.165) is 12.2 Å². The van der Waals surface area contributed by atoms with Crippen molar-refractivity contribution in [1.82, 2.24) is 0 Å². The van der Waals surface area contributed by atoms with Crippen LogP contribution in [0.1, 0.15) is 0 Å². The maximum Gasteiger partial charge on any atom is 0.0733 e. The minimum Gasteiger partial charge on any atom is -0.545 e. The van der Waals surface area contributed by atoms with Crippen LogP contribution in [0, 0.1) is 0 Å². The molecule has 4 heteroatoms. The van der Waals surface area contributed by atoms with Crippen molar-refractivity contribution in [3.8, 4) is 0 Å². The predicted molar refractivity (Wildman–Crippen MR) is 28.3 cm³/mol. The third-order valence-electron chi connectivity index (χ3n) is 0.724. The highest BCUT2D eigenvalue weighted by molar-refractivity contribution is 6.10. The summed E-state index contributed by atoms with van der Waals surface area (Å²) in [4.78, 5) is 19.8. The number of carbonyl (C=O) groups is 2. The van der Waals surface area contributed by atoms with E-state index in [0.29, 0.717) is 0 Å². The maximum atomic E-state index is 9.88. The van der Waals surface area contributed by atoms with Crippen molar-refractivity contribution in [3.63, 3.8) is 0 Å². The zero-order valence-corrected chi connectivity index (χ0v) is 4.99. The average Bonchev–Trinajstić information content (AvgIpc) is 1.81. The molecular weight excluding hydrogens is 136 g/mol. The van der Waals surface area contributed by atoms with Gasteiger partial charge in [0.2, 0.25) is 0 Å². The van der Waals surface area contributed by atoms with Crippen LogP contribution in [0.15, 0.2) is 24.3 Å². The van der Waals surface area contributed by atoms with Gasteiger partial charge in [0.25, 0.3) is 0 Å². The van der Waals surface area contributed by atoms with Crippen LogP contribution in [0.2, 0.25) is 0 Å². The Balaban J connectivity index is 4.58. The Kier molecular flexibility index (Phi) is 2.90. The number of hydrogen-bond acceptors (Lipinski definition) is 4. The third kappa shape index (κ3) is 2.13. The summed E-state index contributed by atoms with van der Waals surface area (Å²) in [6.07, 6.45) is 1.82. The number of allylic oxidation sites excluding steroid dienone is 2. The summed E-state index contributed by atoms with van der Waals surface area (Å²) in [5, 5.41) is 19.8.